The lowest BCUT2D eigenvalue weighted by Gasteiger charge is -2.19. The summed E-state index contributed by atoms with van der Waals surface area (Å²) in [7, 11) is 0. The molecule has 0 aliphatic carbocycles. The van der Waals surface area contributed by atoms with Gasteiger partial charge < -0.3 is 25.8 Å². The van der Waals surface area contributed by atoms with E-state index in [-0.39, 0.29) is 6.03 Å². The predicted molar refractivity (Wildman–Crippen MR) is 127 cm³/mol. The van der Waals surface area contributed by atoms with E-state index in [1.54, 1.807) is 29.5 Å². The fraction of sp³-hybridized carbons (Fsp3) is 0.174. The fourth-order valence-electron chi connectivity index (χ4n) is 3.69. The number of carbonyl (C=O) groups is 1. The first-order chi connectivity index (χ1) is 15.6. The number of nitrogens with two attached hydrogens (primary N) is 1. The van der Waals surface area contributed by atoms with Crippen LogP contribution in [0.3, 0.4) is 0 Å². The van der Waals surface area contributed by atoms with Gasteiger partial charge in [0.2, 0.25) is 0 Å². The molecular formula is C23H21N5O3S. The molecule has 0 bridgehead atoms. The second-order valence-corrected chi connectivity index (χ2v) is 8.29. The Kier molecular flexibility index (Phi) is 5.24. The van der Waals surface area contributed by atoms with Crippen molar-refractivity contribution in [3.8, 4) is 22.6 Å². The number of carbonyl (C=O) groups excluding carboxylic acids is 1. The Bertz CT molecular complexity index is 1300. The van der Waals surface area contributed by atoms with E-state index in [2.05, 4.69) is 27.5 Å². The number of hydrogen-bond acceptors (Lipinski definition) is 7. The van der Waals surface area contributed by atoms with Gasteiger partial charge in [-0.3, -0.25) is 0 Å². The van der Waals surface area contributed by atoms with Gasteiger partial charge in [0.05, 0.1) is 5.39 Å². The van der Waals surface area contributed by atoms with Gasteiger partial charge >= 0.3 is 6.03 Å². The first-order valence-electron chi connectivity index (χ1n) is 10.2. The summed E-state index contributed by atoms with van der Waals surface area (Å²) in [5.41, 5.74) is 9.50. The Labute approximate surface area is 188 Å². The van der Waals surface area contributed by atoms with Crippen LogP contribution in [0.15, 0.2) is 48.8 Å². The summed E-state index contributed by atoms with van der Waals surface area (Å²) in [4.78, 5) is 23.1. The van der Waals surface area contributed by atoms with Gasteiger partial charge in [-0.1, -0.05) is 19.1 Å². The molecule has 0 saturated carbocycles. The molecule has 2 amide bonds. The molecule has 0 saturated heterocycles. The zero-order valence-electron chi connectivity index (χ0n) is 17.3. The molecular weight excluding hydrogens is 426 g/mol. The SMILES string of the molecule is CCc1sc2ncnc(N)c2c1-c1ccc(NC(=O)Nc2ccc3c(c2)OCCO3)cc1. The minimum atomic E-state index is -0.345. The van der Waals surface area contributed by atoms with E-state index in [1.165, 1.54) is 11.2 Å². The summed E-state index contributed by atoms with van der Waals surface area (Å²) >= 11 is 1.63. The zero-order valence-corrected chi connectivity index (χ0v) is 18.2. The van der Waals surface area contributed by atoms with Crippen LogP contribution in [0.2, 0.25) is 0 Å². The highest BCUT2D eigenvalue weighted by atomic mass is 32.1. The Hall–Kier alpha value is -3.85. The third-order valence-electron chi connectivity index (χ3n) is 5.14. The van der Waals surface area contributed by atoms with Crippen molar-refractivity contribution in [3.63, 3.8) is 0 Å². The number of hydrogen-bond donors (Lipinski definition) is 3. The molecule has 0 fully saturated rings. The van der Waals surface area contributed by atoms with Crippen LogP contribution in [0.1, 0.15) is 11.8 Å². The largest absolute Gasteiger partial charge is 0.486 e. The van der Waals surface area contributed by atoms with Gasteiger partial charge in [0.25, 0.3) is 0 Å². The maximum Gasteiger partial charge on any atom is 0.323 e. The van der Waals surface area contributed by atoms with Crippen LogP contribution in [-0.2, 0) is 6.42 Å². The molecule has 8 nitrogen and oxygen atoms in total. The number of nitrogens with zero attached hydrogens (tertiary/aromatic N) is 2. The summed E-state index contributed by atoms with van der Waals surface area (Å²) in [6.45, 7) is 3.12. The monoisotopic (exact) mass is 447 g/mol. The smallest absolute Gasteiger partial charge is 0.323 e. The van der Waals surface area contributed by atoms with Crippen molar-refractivity contribution in [1.29, 1.82) is 0 Å². The number of rotatable bonds is 4. The van der Waals surface area contributed by atoms with E-state index in [4.69, 9.17) is 15.2 Å². The highest BCUT2D eigenvalue weighted by Gasteiger charge is 2.17. The second kappa shape index (κ2) is 8.35. The van der Waals surface area contributed by atoms with Crippen LogP contribution in [0, 0.1) is 0 Å². The van der Waals surface area contributed by atoms with Crippen molar-refractivity contribution in [2.75, 3.05) is 29.6 Å². The number of anilines is 3. The van der Waals surface area contributed by atoms with Crippen molar-refractivity contribution in [2.24, 2.45) is 0 Å². The molecule has 5 rings (SSSR count). The number of urea groups is 1. The quantitative estimate of drug-likeness (QED) is 0.410. The summed E-state index contributed by atoms with van der Waals surface area (Å²) in [6.07, 6.45) is 2.36. The van der Waals surface area contributed by atoms with Crippen LogP contribution in [0.4, 0.5) is 22.0 Å². The molecule has 0 radical (unpaired) electrons. The van der Waals surface area contributed by atoms with Gasteiger partial charge in [0, 0.05) is 27.9 Å². The Balaban J connectivity index is 1.33. The molecule has 162 valence electrons. The zero-order chi connectivity index (χ0) is 22.1. The first kappa shape index (κ1) is 20.1. The summed E-state index contributed by atoms with van der Waals surface area (Å²) < 4.78 is 11.1. The first-order valence-corrected chi connectivity index (χ1v) is 11.0. The van der Waals surface area contributed by atoms with Crippen molar-refractivity contribution < 1.29 is 14.3 Å². The number of ether oxygens (including phenoxy) is 2. The van der Waals surface area contributed by atoms with Gasteiger partial charge in [-0.15, -0.1) is 11.3 Å². The Morgan fingerprint density at radius 2 is 1.75 bits per heavy atom. The predicted octanol–water partition coefficient (Wildman–Crippen LogP) is 4.92. The summed E-state index contributed by atoms with van der Waals surface area (Å²) in [6, 6.07) is 12.6. The number of nitrogen functional groups attached to an aromatic ring is 1. The summed E-state index contributed by atoms with van der Waals surface area (Å²) in [5, 5.41) is 6.55. The average Bonchev–Trinajstić information content (AvgIpc) is 3.19. The lowest BCUT2D eigenvalue weighted by Crippen LogP contribution is -2.20. The maximum absolute atomic E-state index is 12.5. The van der Waals surface area contributed by atoms with Gasteiger partial charge in [-0.2, -0.15) is 0 Å². The second-order valence-electron chi connectivity index (χ2n) is 7.21. The van der Waals surface area contributed by atoms with Crippen LogP contribution in [-0.4, -0.2) is 29.2 Å². The Morgan fingerprint density at radius 1 is 1.03 bits per heavy atom. The molecule has 0 atom stereocenters. The molecule has 4 aromatic rings. The third kappa shape index (κ3) is 3.78. The molecule has 2 aromatic heterocycles. The van der Waals surface area contributed by atoms with Gasteiger partial charge in [-0.05, 0) is 36.2 Å². The molecule has 4 N–H and O–H groups in total. The topological polar surface area (TPSA) is 111 Å². The normalized spacial score (nSPS) is 12.5. The Morgan fingerprint density at radius 3 is 2.53 bits per heavy atom. The van der Waals surface area contributed by atoms with E-state index in [0.717, 1.165) is 27.8 Å². The summed E-state index contributed by atoms with van der Waals surface area (Å²) in [5.74, 6) is 1.77. The van der Waals surface area contributed by atoms with Gasteiger partial charge in [0.1, 0.15) is 30.2 Å². The molecule has 2 aromatic carbocycles. The molecule has 3 heterocycles. The van der Waals surface area contributed by atoms with E-state index in [0.29, 0.717) is 41.9 Å². The molecule has 0 unspecified atom stereocenters. The molecule has 0 spiro atoms. The molecule has 9 heteroatoms. The number of fused-ring (bicyclic) bond motifs is 2. The number of thiophene rings is 1. The van der Waals surface area contributed by atoms with Crippen LogP contribution < -0.4 is 25.8 Å². The number of nitrogens with one attached hydrogen (secondary N) is 2. The number of benzene rings is 2. The van der Waals surface area contributed by atoms with Gasteiger partial charge in [-0.25, -0.2) is 14.8 Å². The minimum Gasteiger partial charge on any atom is -0.486 e. The van der Waals surface area contributed by atoms with Crippen LogP contribution in [0.5, 0.6) is 11.5 Å². The number of aromatic nitrogens is 2. The lowest BCUT2D eigenvalue weighted by atomic mass is 10.0. The highest BCUT2D eigenvalue weighted by molar-refractivity contribution is 7.19. The van der Waals surface area contributed by atoms with Crippen LogP contribution >= 0.6 is 11.3 Å². The minimum absolute atomic E-state index is 0.345. The van der Waals surface area contributed by atoms with Crippen molar-refractivity contribution >= 4 is 44.8 Å². The van der Waals surface area contributed by atoms with Crippen LogP contribution in [0.25, 0.3) is 21.3 Å². The van der Waals surface area contributed by atoms with Crippen molar-refractivity contribution in [1.82, 2.24) is 9.97 Å². The number of aryl methyl sites for hydroxylation is 1. The van der Waals surface area contributed by atoms with E-state index in [9.17, 15) is 4.79 Å². The van der Waals surface area contributed by atoms with Crippen molar-refractivity contribution in [2.45, 2.75) is 13.3 Å². The fourth-order valence-corrected chi connectivity index (χ4v) is 4.80. The maximum atomic E-state index is 12.5. The van der Waals surface area contributed by atoms with Crippen molar-refractivity contribution in [3.05, 3.63) is 53.7 Å². The highest BCUT2D eigenvalue weighted by Crippen LogP contribution is 2.40. The van der Waals surface area contributed by atoms with E-state index >= 15 is 0 Å². The molecule has 1 aliphatic rings. The van der Waals surface area contributed by atoms with E-state index < -0.39 is 0 Å². The molecule has 1 aliphatic heterocycles. The molecule has 32 heavy (non-hydrogen) atoms. The standard InChI is InChI=1S/C23H21N5O3S/c1-2-18-19(20-21(24)25-12-26-22(20)32-18)13-3-5-14(6-4-13)27-23(29)28-15-7-8-16-17(11-15)31-10-9-30-16/h3-8,11-12H,2,9-10H2,1H3,(H2,24,25,26)(H2,27,28,29). The van der Waals surface area contributed by atoms with Gasteiger partial charge in [0.15, 0.2) is 11.5 Å². The lowest BCUT2D eigenvalue weighted by molar-refractivity contribution is 0.171. The van der Waals surface area contributed by atoms with E-state index in [1.807, 2.05) is 24.3 Å². The number of amides is 2. The average molecular weight is 448 g/mol. The third-order valence-corrected chi connectivity index (χ3v) is 6.39.